The molecule has 4 aliphatic rings. The third-order valence-electron chi connectivity index (χ3n) is 5.30. The summed E-state index contributed by atoms with van der Waals surface area (Å²) in [5, 5.41) is 3.56. The van der Waals surface area contributed by atoms with Gasteiger partial charge in [-0.3, -0.25) is 4.90 Å². The third-order valence-corrected chi connectivity index (χ3v) is 5.30. The second-order valence-corrected chi connectivity index (χ2v) is 5.98. The number of rotatable bonds is 1. The minimum absolute atomic E-state index is 0.532. The van der Waals surface area contributed by atoms with Crippen LogP contribution < -0.4 is 5.32 Å². The van der Waals surface area contributed by atoms with Gasteiger partial charge in [-0.2, -0.15) is 0 Å². The van der Waals surface area contributed by atoms with Crippen LogP contribution in [0.1, 0.15) is 32.6 Å². The zero-order chi connectivity index (χ0) is 9.92. The Balaban J connectivity index is 1.92. The van der Waals surface area contributed by atoms with Crippen LogP contribution in [0.3, 0.4) is 0 Å². The topological polar surface area (TPSA) is 15.3 Å². The van der Waals surface area contributed by atoms with Crippen molar-refractivity contribution in [2.24, 2.45) is 11.8 Å². The molecule has 2 unspecified atom stereocenters. The van der Waals surface area contributed by atoms with Crippen molar-refractivity contribution in [1.82, 2.24) is 10.2 Å². The predicted octanol–water partition coefficient (Wildman–Crippen LogP) is 1.47. The Kier molecular flexibility index (Phi) is 1.79. The quantitative estimate of drug-likeness (QED) is 0.680. The first kappa shape index (κ1) is 9.17. The summed E-state index contributed by atoms with van der Waals surface area (Å²) in [6.45, 7) is 2.48. The van der Waals surface area contributed by atoms with E-state index in [-0.39, 0.29) is 0 Å². The van der Waals surface area contributed by atoms with Crippen molar-refractivity contribution < 1.29 is 0 Å². The largest absolute Gasteiger partial charge is 0.316 e. The van der Waals surface area contributed by atoms with Crippen LogP contribution in [-0.2, 0) is 0 Å². The molecule has 2 saturated carbocycles. The lowest BCUT2D eigenvalue weighted by molar-refractivity contribution is -0.114. The molecule has 0 amide bonds. The maximum absolute atomic E-state index is 3.56. The van der Waals surface area contributed by atoms with E-state index in [9.17, 15) is 0 Å². The van der Waals surface area contributed by atoms with Crippen LogP contribution in [0.4, 0.5) is 0 Å². The highest BCUT2D eigenvalue weighted by Gasteiger charge is 2.55. The average molecular weight is 194 g/mol. The molecule has 2 saturated heterocycles. The van der Waals surface area contributed by atoms with Crippen LogP contribution in [0, 0.1) is 11.8 Å². The highest BCUT2D eigenvalue weighted by Crippen LogP contribution is 2.53. The number of piperidine rings is 2. The van der Waals surface area contributed by atoms with E-state index in [2.05, 4.69) is 31.2 Å². The minimum Gasteiger partial charge on any atom is -0.316 e. The van der Waals surface area contributed by atoms with Gasteiger partial charge in [0.1, 0.15) is 0 Å². The number of nitrogens with one attached hydrogen (secondary N) is 1. The van der Waals surface area contributed by atoms with Gasteiger partial charge in [-0.15, -0.1) is 0 Å². The van der Waals surface area contributed by atoms with Gasteiger partial charge < -0.3 is 5.32 Å². The van der Waals surface area contributed by atoms with Crippen molar-refractivity contribution in [3.8, 4) is 0 Å². The molecule has 1 N–H and O–H groups in total. The van der Waals surface area contributed by atoms with Crippen LogP contribution in [-0.4, -0.2) is 36.6 Å². The molecule has 2 atom stereocenters. The lowest BCUT2D eigenvalue weighted by Gasteiger charge is -2.64. The summed E-state index contributed by atoms with van der Waals surface area (Å²) in [7, 11) is 4.50. The fourth-order valence-corrected chi connectivity index (χ4v) is 4.62. The van der Waals surface area contributed by atoms with Crippen LogP contribution in [0.2, 0.25) is 0 Å². The molecule has 0 aromatic rings. The van der Waals surface area contributed by atoms with Crippen molar-refractivity contribution in [3.05, 3.63) is 0 Å². The SMILES string of the molecule is CNC1C2CC3CC1CC(C)(C2)N3C. The molecule has 2 heteroatoms. The summed E-state index contributed by atoms with van der Waals surface area (Å²) in [5.74, 6) is 1.91. The highest BCUT2D eigenvalue weighted by atomic mass is 15.2. The van der Waals surface area contributed by atoms with E-state index in [1.807, 2.05) is 0 Å². The maximum Gasteiger partial charge on any atom is 0.0187 e. The van der Waals surface area contributed by atoms with Crippen LogP contribution in [0.5, 0.6) is 0 Å². The minimum atomic E-state index is 0.532. The first-order valence-electron chi connectivity index (χ1n) is 6.04. The molecule has 80 valence electrons. The fourth-order valence-electron chi connectivity index (χ4n) is 4.62. The number of nitrogens with zero attached hydrogens (tertiary/aromatic N) is 1. The Morgan fingerprint density at radius 3 is 2.21 bits per heavy atom. The van der Waals surface area contributed by atoms with E-state index < -0.39 is 0 Å². The van der Waals surface area contributed by atoms with Gasteiger partial charge in [0.05, 0.1) is 0 Å². The molecule has 0 aromatic heterocycles. The van der Waals surface area contributed by atoms with Crippen molar-refractivity contribution in [3.63, 3.8) is 0 Å². The average Bonchev–Trinajstić information content (AvgIpc) is 2.12. The highest BCUT2D eigenvalue weighted by molar-refractivity contribution is 5.11. The van der Waals surface area contributed by atoms with Crippen LogP contribution in [0.25, 0.3) is 0 Å². The molecule has 2 nitrogen and oxygen atoms in total. The number of hydrogen-bond donors (Lipinski definition) is 1. The first-order chi connectivity index (χ1) is 6.64. The maximum atomic E-state index is 3.56. The van der Waals surface area contributed by atoms with E-state index >= 15 is 0 Å². The Hall–Kier alpha value is -0.0800. The Labute approximate surface area is 87.0 Å². The summed E-state index contributed by atoms with van der Waals surface area (Å²) in [5.41, 5.74) is 0.532. The Bertz CT molecular complexity index is 235. The molecule has 14 heavy (non-hydrogen) atoms. The standard InChI is InChI=1S/C12H22N2/c1-12-6-8-4-10(14(12)3)5-9(7-12)11(8)13-2/h8-11,13H,4-7H2,1-3H3. The van der Waals surface area contributed by atoms with Crippen LogP contribution in [0.15, 0.2) is 0 Å². The normalized spacial score (nSPS) is 56.8. The molecule has 2 aliphatic carbocycles. The zero-order valence-corrected chi connectivity index (χ0v) is 9.59. The second kappa shape index (κ2) is 2.73. The van der Waals surface area contributed by atoms with Crippen molar-refractivity contribution in [2.75, 3.05) is 14.1 Å². The molecule has 0 radical (unpaired) electrons. The van der Waals surface area contributed by atoms with Gasteiger partial charge in [-0.25, -0.2) is 0 Å². The molecule has 4 fully saturated rings. The van der Waals surface area contributed by atoms with E-state index in [4.69, 9.17) is 0 Å². The van der Waals surface area contributed by atoms with Crippen molar-refractivity contribution in [2.45, 2.75) is 50.2 Å². The molecule has 0 aromatic carbocycles. The van der Waals surface area contributed by atoms with Gasteiger partial charge in [-0.1, -0.05) is 0 Å². The molecule has 0 spiro atoms. The second-order valence-electron chi connectivity index (χ2n) is 5.98. The summed E-state index contributed by atoms with van der Waals surface area (Å²) in [6, 6.07) is 1.72. The molecular formula is C12H22N2. The van der Waals surface area contributed by atoms with Crippen LogP contribution >= 0.6 is 0 Å². The lowest BCUT2D eigenvalue weighted by Crippen LogP contribution is -2.68. The van der Waals surface area contributed by atoms with E-state index in [1.165, 1.54) is 25.7 Å². The van der Waals surface area contributed by atoms with E-state index in [0.29, 0.717) is 5.54 Å². The number of hydrogen-bond acceptors (Lipinski definition) is 2. The lowest BCUT2D eigenvalue weighted by atomic mass is 9.56. The molecule has 4 bridgehead atoms. The Morgan fingerprint density at radius 1 is 1.21 bits per heavy atom. The van der Waals surface area contributed by atoms with E-state index in [0.717, 1.165) is 23.9 Å². The molecular weight excluding hydrogens is 172 g/mol. The van der Waals surface area contributed by atoms with Gasteiger partial charge in [0.2, 0.25) is 0 Å². The van der Waals surface area contributed by atoms with Gasteiger partial charge >= 0.3 is 0 Å². The summed E-state index contributed by atoms with van der Waals surface area (Å²) >= 11 is 0. The zero-order valence-electron chi connectivity index (χ0n) is 9.59. The first-order valence-corrected chi connectivity index (χ1v) is 6.04. The third kappa shape index (κ3) is 0.989. The Morgan fingerprint density at radius 2 is 1.79 bits per heavy atom. The van der Waals surface area contributed by atoms with Crippen molar-refractivity contribution >= 4 is 0 Å². The summed E-state index contributed by atoms with van der Waals surface area (Å²) < 4.78 is 0. The van der Waals surface area contributed by atoms with Gasteiger partial charge in [-0.05, 0) is 58.5 Å². The smallest absolute Gasteiger partial charge is 0.0187 e. The predicted molar refractivity (Wildman–Crippen MR) is 58.3 cm³/mol. The molecule has 2 heterocycles. The summed E-state index contributed by atoms with van der Waals surface area (Å²) in [6.07, 6.45) is 5.71. The molecule has 4 rings (SSSR count). The van der Waals surface area contributed by atoms with Gasteiger partial charge in [0.25, 0.3) is 0 Å². The monoisotopic (exact) mass is 194 g/mol. The van der Waals surface area contributed by atoms with Gasteiger partial charge in [0.15, 0.2) is 0 Å². The van der Waals surface area contributed by atoms with Crippen molar-refractivity contribution in [1.29, 1.82) is 0 Å². The van der Waals surface area contributed by atoms with Gasteiger partial charge in [0, 0.05) is 17.6 Å². The molecule has 2 aliphatic heterocycles. The van der Waals surface area contributed by atoms with E-state index in [1.54, 1.807) is 0 Å². The summed E-state index contributed by atoms with van der Waals surface area (Å²) in [4.78, 5) is 2.67. The fraction of sp³-hybridized carbons (Fsp3) is 1.00.